The molecule has 0 aliphatic carbocycles. The lowest BCUT2D eigenvalue weighted by Crippen LogP contribution is -2.39. The number of hydrogen-bond acceptors (Lipinski definition) is 5. The summed E-state index contributed by atoms with van der Waals surface area (Å²) in [6.07, 6.45) is 1.59. The molecule has 0 spiro atoms. The number of aromatic nitrogens is 3. The van der Waals surface area contributed by atoms with E-state index in [4.69, 9.17) is 28.9 Å². The van der Waals surface area contributed by atoms with E-state index in [2.05, 4.69) is 10.2 Å². The van der Waals surface area contributed by atoms with Gasteiger partial charge in [0.25, 0.3) is 0 Å². The number of imide groups is 1. The maximum absolute atomic E-state index is 11.6. The highest BCUT2D eigenvalue weighted by atomic mass is 35.5. The number of halogens is 2. The molecule has 106 valence electrons. The van der Waals surface area contributed by atoms with Crippen LogP contribution in [0, 0.1) is 0 Å². The lowest BCUT2D eigenvalue weighted by molar-refractivity contribution is -0.119. The summed E-state index contributed by atoms with van der Waals surface area (Å²) >= 11 is 13.0. The highest BCUT2D eigenvalue weighted by Crippen LogP contribution is 2.27. The van der Waals surface area contributed by atoms with Crippen molar-refractivity contribution in [1.29, 1.82) is 0 Å². The van der Waals surface area contributed by atoms with E-state index in [1.807, 2.05) is 5.32 Å². The molecule has 3 amide bonds. The summed E-state index contributed by atoms with van der Waals surface area (Å²) in [4.78, 5) is 22.2. The van der Waals surface area contributed by atoms with E-state index in [-0.39, 0.29) is 0 Å². The molecule has 3 N–H and O–H groups in total. The van der Waals surface area contributed by atoms with Crippen molar-refractivity contribution in [2.45, 2.75) is 17.3 Å². The summed E-state index contributed by atoms with van der Waals surface area (Å²) in [5.74, 6) is -0.521. The van der Waals surface area contributed by atoms with Gasteiger partial charge in [0.05, 0.1) is 15.3 Å². The summed E-state index contributed by atoms with van der Waals surface area (Å²) in [5, 5.41) is 10.4. The number of carbonyl (C=O) groups is 2. The maximum atomic E-state index is 11.6. The fourth-order valence-corrected chi connectivity index (χ4v) is 2.75. The first kappa shape index (κ1) is 14.9. The van der Waals surface area contributed by atoms with Crippen LogP contribution in [0.3, 0.4) is 0 Å². The van der Waals surface area contributed by atoms with Crippen LogP contribution in [0.1, 0.15) is 6.92 Å². The summed E-state index contributed by atoms with van der Waals surface area (Å²) in [7, 11) is 0. The predicted molar refractivity (Wildman–Crippen MR) is 76.1 cm³/mol. The van der Waals surface area contributed by atoms with Crippen LogP contribution >= 0.6 is 35.0 Å². The third-order valence-corrected chi connectivity index (χ3v) is 3.83. The lowest BCUT2D eigenvalue weighted by atomic mass is 10.4. The molecular weight excluding hydrogens is 325 g/mol. The molecule has 0 aliphatic heterocycles. The van der Waals surface area contributed by atoms with E-state index in [0.29, 0.717) is 20.8 Å². The molecule has 10 heteroatoms. The number of nitrogens with two attached hydrogens (primary N) is 1. The molecular formula is C10H9Cl2N5O2S. The van der Waals surface area contributed by atoms with Gasteiger partial charge in [0.2, 0.25) is 5.91 Å². The summed E-state index contributed by atoms with van der Waals surface area (Å²) in [5.41, 5.74) is 5.32. The van der Waals surface area contributed by atoms with Gasteiger partial charge in [-0.15, -0.1) is 10.2 Å². The molecule has 7 nitrogen and oxygen atoms in total. The van der Waals surface area contributed by atoms with Crippen molar-refractivity contribution in [3.63, 3.8) is 0 Å². The van der Waals surface area contributed by atoms with Crippen molar-refractivity contribution in [3.05, 3.63) is 22.3 Å². The number of urea groups is 1. The monoisotopic (exact) mass is 333 g/mol. The van der Waals surface area contributed by atoms with Gasteiger partial charge >= 0.3 is 6.03 Å². The number of fused-ring (bicyclic) bond motifs is 1. The Morgan fingerprint density at radius 1 is 1.45 bits per heavy atom. The number of pyridine rings is 1. The van der Waals surface area contributed by atoms with Crippen LogP contribution in [0.25, 0.3) is 5.65 Å². The Hall–Kier alpha value is -1.51. The zero-order valence-electron chi connectivity index (χ0n) is 10.1. The van der Waals surface area contributed by atoms with Crippen LogP contribution in [0.5, 0.6) is 0 Å². The first-order chi connectivity index (χ1) is 9.38. The van der Waals surface area contributed by atoms with E-state index >= 15 is 0 Å². The molecule has 2 aromatic rings. The van der Waals surface area contributed by atoms with Crippen LogP contribution in [-0.2, 0) is 4.79 Å². The van der Waals surface area contributed by atoms with E-state index in [1.165, 1.54) is 0 Å². The highest BCUT2D eigenvalue weighted by molar-refractivity contribution is 8.00. The molecule has 0 saturated heterocycles. The number of hydrogen-bond donors (Lipinski definition) is 2. The number of carbonyl (C=O) groups excluding carboxylic acids is 2. The minimum atomic E-state index is -0.903. The van der Waals surface area contributed by atoms with Crippen LogP contribution in [0.15, 0.2) is 17.4 Å². The molecule has 0 saturated carbocycles. The Bertz CT molecular complexity index is 690. The largest absolute Gasteiger partial charge is 0.351 e. The molecule has 1 unspecified atom stereocenters. The highest BCUT2D eigenvalue weighted by Gasteiger charge is 2.19. The van der Waals surface area contributed by atoms with Crippen LogP contribution in [-0.4, -0.2) is 31.8 Å². The number of nitrogens with one attached hydrogen (secondary N) is 1. The Labute approximate surface area is 127 Å². The SMILES string of the molecule is CC(Sc1nnc2c(Cl)cc(Cl)cn12)C(=O)NC(N)=O. The van der Waals surface area contributed by atoms with Crippen LogP contribution in [0.4, 0.5) is 4.79 Å². The van der Waals surface area contributed by atoms with Crippen molar-refractivity contribution in [2.24, 2.45) is 5.73 Å². The van der Waals surface area contributed by atoms with Crippen molar-refractivity contribution < 1.29 is 9.59 Å². The Balaban J connectivity index is 2.26. The molecule has 0 aromatic carbocycles. The quantitative estimate of drug-likeness (QED) is 0.832. The Morgan fingerprint density at radius 2 is 2.15 bits per heavy atom. The van der Waals surface area contributed by atoms with E-state index in [1.54, 1.807) is 23.6 Å². The fraction of sp³-hybridized carbons (Fsp3) is 0.200. The van der Waals surface area contributed by atoms with Gasteiger partial charge in [0, 0.05) is 6.20 Å². The predicted octanol–water partition coefficient (Wildman–Crippen LogP) is 1.71. The molecule has 2 heterocycles. The molecule has 2 aromatic heterocycles. The van der Waals surface area contributed by atoms with Crippen molar-refractivity contribution in [2.75, 3.05) is 0 Å². The zero-order chi connectivity index (χ0) is 14.9. The van der Waals surface area contributed by atoms with Crippen molar-refractivity contribution >= 4 is 52.5 Å². The van der Waals surface area contributed by atoms with Crippen LogP contribution in [0.2, 0.25) is 10.0 Å². The average Bonchev–Trinajstić information content (AvgIpc) is 2.71. The van der Waals surface area contributed by atoms with Crippen molar-refractivity contribution in [1.82, 2.24) is 19.9 Å². The topological polar surface area (TPSA) is 102 Å². The van der Waals surface area contributed by atoms with Gasteiger partial charge in [-0.3, -0.25) is 14.5 Å². The van der Waals surface area contributed by atoms with E-state index in [0.717, 1.165) is 11.8 Å². The van der Waals surface area contributed by atoms with Gasteiger partial charge in [-0.25, -0.2) is 4.79 Å². The first-order valence-corrected chi connectivity index (χ1v) is 6.98. The first-order valence-electron chi connectivity index (χ1n) is 5.35. The van der Waals surface area contributed by atoms with Gasteiger partial charge in [0.15, 0.2) is 10.8 Å². The molecule has 20 heavy (non-hydrogen) atoms. The second kappa shape index (κ2) is 5.86. The second-order valence-electron chi connectivity index (χ2n) is 3.80. The maximum Gasteiger partial charge on any atom is 0.318 e. The smallest absolute Gasteiger partial charge is 0.318 e. The zero-order valence-corrected chi connectivity index (χ0v) is 12.5. The van der Waals surface area contributed by atoms with Gasteiger partial charge in [0.1, 0.15) is 0 Å². The summed E-state index contributed by atoms with van der Waals surface area (Å²) < 4.78 is 1.57. The number of primary amides is 1. The minimum absolute atomic E-state index is 0.353. The van der Waals surface area contributed by atoms with Gasteiger partial charge < -0.3 is 5.73 Å². The normalized spacial score (nSPS) is 12.3. The van der Waals surface area contributed by atoms with Gasteiger partial charge in [-0.05, 0) is 13.0 Å². The van der Waals surface area contributed by atoms with Crippen LogP contribution < -0.4 is 11.1 Å². The summed E-state index contributed by atoms with van der Waals surface area (Å²) in [6.45, 7) is 1.61. The van der Waals surface area contributed by atoms with E-state index in [9.17, 15) is 9.59 Å². The molecule has 0 radical (unpaired) electrons. The second-order valence-corrected chi connectivity index (χ2v) is 5.95. The van der Waals surface area contributed by atoms with Crippen molar-refractivity contribution in [3.8, 4) is 0 Å². The number of rotatable bonds is 3. The molecule has 2 rings (SSSR count). The molecule has 0 bridgehead atoms. The average molecular weight is 334 g/mol. The lowest BCUT2D eigenvalue weighted by Gasteiger charge is -2.08. The number of nitrogens with zero attached hydrogens (tertiary/aromatic N) is 3. The third-order valence-electron chi connectivity index (χ3n) is 2.29. The fourth-order valence-electron chi connectivity index (χ4n) is 1.42. The molecule has 0 fully saturated rings. The van der Waals surface area contributed by atoms with E-state index < -0.39 is 17.2 Å². The Morgan fingerprint density at radius 3 is 2.80 bits per heavy atom. The number of amides is 3. The minimum Gasteiger partial charge on any atom is -0.351 e. The van der Waals surface area contributed by atoms with Gasteiger partial charge in [-0.2, -0.15) is 0 Å². The molecule has 1 atom stereocenters. The standard InChI is InChI=1S/C10H9Cl2N5O2S/c1-4(8(18)14-9(13)19)20-10-16-15-7-6(12)2-5(11)3-17(7)10/h2-4H,1H3,(H3,13,14,18,19). The Kier molecular flexibility index (Phi) is 4.36. The molecule has 0 aliphatic rings. The third kappa shape index (κ3) is 3.14. The number of thioether (sulfide) groups is 1. The van der Waals surface area contributed by atoms with Gasteiger partial charge in [-0.1, -0.05) is 35.0 Å². The summed E-state index contributed by atoms with van der Waals surface area (Å²) in [6, 6.07) is 0.643.